The Morgan fingerprint density at radius 3 is 2.31 bits per heavy atom. The Morgan fingerprint density at radius 1 is 0.814 bits per heavy atom. The first-order valence-corrected chi connectivity index (χ1v) is 19.7. The fourth-order valence-corrected chi connectivity index (χ4v) is 6.90. The maximum Gasteiger partial charge on any atom is 0.234 e. The Labute approximate surface area is 349 Å². The van der Waals surface area contributed by atoms with Crippen molar-refractivity contribution in [3.63, 3.8) is 0 Å². The molecule has 308 valence electrons. The van der Waals surface area contributed by atoms with E-state index < -0.39 is 5.82 Å². The number of nitrogens with zero attached hydrogens (tertiary/aromatic N) is 3. The number of anilines is 2. The molecule has 6 rings (SSSR count). The molecular formula is C46H49ClFN5O6. The summed E-state index contributed by atoms with van der Waals surface area (Å²) in [5.41, 5.74) is 6.64. The third kappa shape index (κ3) is 11.1. The number of rotatable bonds is 20. The first-order valence-electron chi connectivity index (χ1n) is 19.3. The number of amides is 1. The molecule has 0 aliphatic heterocycles. The second kappa shape index (κ2) is 20.5. The van der Waals surface area contributed by atoms with Crippen LogP contribution in [0.1, 0.15) is 36.0 Å². The molecule has 1 amide bonds. The molecule has 1 heterocycles. The van der Waals surface area contributed by atoms with Crippen molar-refractivity contribution in [2.24, 2.45) is 0 Å². The van der Waals surface area contributed by atoms with Crippen molar-refractivity contribution in [1.29, 1.82) is 0 Å². The van der Waals surface area contributed by atoms with Crippen molar-refractivity contribution >= 4 is 39.9 Å². The van der Waals surface area contributed by atoms with Crippen LogP contribution < -0.4 is 34.3 Å². The van der Waals surface area contributed by atoms with Gasteiger partial charge in [-0.25, -0.2) is 14.4 Å². The molecule has 59 heavy (non-hydrogen) atoms. The van der Waals surface area contributed by atoms with Gasteiger partial charge in [0.25, 0.3) is 0 Å². The molecule has 0 bridgehead atoms. The maximum atomic E-state index is 13.7. The van der Waals surface area contributed by atoms with Crippen molar-refractivity contribution in [1.82, 2.24) is 20.2 Å². The summed E-state index contributed by atoms with van der Waals surface area (Å²) < 4.78 is 43.2. The van der Waals surface area contributed by atoms with Gasteiger partial charge < -0.3 is 34.3 Å². The number of carbonyl (C=O) groups excluding carboxylic acids is 1. The second-order valence-corrected chi connectivity index (χ2v) is 14.4. The fraction of sp³-hybridized carbons (Fsp3) is 0.283. The van der Waals surface area contributed by atoms with Gasteiger partial charge in [-0.1, -0.05) is 60.1 Å². The zero-order valence-corrected chi connectivity index (χ0v) is 34.7. The molecule has 11 nitrogen and oxygen atoms in total. The highest BCUT2D eigenvalue weighted by Gasteiger charge is 2.18. The molecule has 0 spiro atoms. The molecule has 0 saturated heterocycles. The molecule has 1 aromatic heterocycles. The van der Waals surface area contributed by atoms with Crippen LogP contribution in [0.25, 0.3) is 22.0 Å². The quantitative estimate of drug-likeness (QED) is 0.0722. The van der Waals surface area contributed by atoms with Crippen molar-refractivity contribution < 1.29 is 32.9 Å². The lowest BCUT2D eigenvalue weighted by Gasteiger charge is -2.21. The molecule has 13 heteroatoms. The largest absolute Gasteiger partial charge is 0.496 e. The number of benzene rings is 5. The molecule has 0 fully saturated rings. The van der Waals surface area contributed by atoms with E-state index in [9.17, 15) is 9.18 Å². The normalized spacial score (nSPS) is 11.1. The SMILES string of the molecule is COc1cc2ncnc(Nc3ccc(F)c(Cl)c3)c2cc1OCCCCCNC(=O)CN(C)Cc1c(OC)cc(OCc2cccc(-c3ccccc3)c2C)cc1OC. The average Bonchev–Trinajstić information content (AvgIpc) is 3.24. The van der Waals surface area contributed by atoms with Crippen LogP contribution in [-0.4, -0.2) is 68.8 Å². The minimum atomic E-state index is -0.504. The predicted octanol–water partition coefficient (Wildman–Crippen LogP) is 9.54. The van der Waals surface area contributed by atoms with Gasteiger partial charge in [-0.2, -0.15) is 0 Å². The highest BCUT2D eigenvalue weighted by atomic mass is 35.5. The number of carbonyl (C=O) groups is 1. The number of likely N-dealkylation sites (N-methyl/N-ethyl adjacent to an activating group) is 1. The van der Waals surface area contributed by atoms with E-state index in [1.165, 1.54) is 29.6 Å². The van der Waals surface area contributed by atoms with Gasteiger partial charge in [0.05, 0.1) is 50.6 Å². The number of nitrogens with one attached hydrogen (secondary N) is 2. The van der Waals surface area contributed by atoms with Gasteiger partial charge in [0.2, 0.25) is 5.91 Å². The van der Waals surface area contributed by atoms with Crippen LogP contribution in [0, 0.1) is 12.7 Å². The molecule has 6 aromatic rings. The van der Waals surface area contributed by atoms with Gasteiger partial charge >= 0.3 is 0 Å². The second-order valence-electron chi connectivity index (χ2n) is 14.0. The number of fused-ring (bicyclic) bond motifs is 1. The topological polar surface area (TPSA) is 116 Å². The Balaban J connectivity index is 0.953. The van der Waals surface area contributed by atoms with Crippen LogP contribution in [0.4, 0.5) is 15.9 Å². The Bertz CT molecular complexity index is 2340. The van der Waals surface area contributed by atoms with E-state index in [0.717, 1.165) is 36.0 Å². The summed E-state index contributed by atoms with van der Waals surface area (Å²) in [6.07, 6.45) is 3.83. The molecule has 0 aliphatic carbocycles. The Kier molecular flexibility index (Phi) is 14.8. The third-order valence-corrected chi connectivity index (χ3v) is 10.1. The summed E-state index contributed by atoms with van der Waals surface area (Å²) in [5.74, 6) is 2.87. The molecule has 5 aromatic carbocycles. The molecule has 0 aliphatic rings. The zero-order chi connectivity index (χ0) is 41.7. The number of ether oxygens (including phenoxy) is 5. The first kappa shape index (κ1) is 42.5. The van der Waals surface area contributed by atoms with Gasteiger partial charge in [0.1, 0.15) is 41.8 Å². The predicted molar refractivity (Wildman–Crippen MR) is 230 cm³/mol. The lowest BCUT2D eigenvalue weighted by Crippen LogP contribution is -2.35. The average molecular weight is 822 g/mol. The molecule has 0 atom stereocenters. The lowest BCUT2D eigenvalue weighted by atomic mass is 9.97. The van der Waals surface area contributed by atoms with Crippen LogP contribution in [-0.2, 0) is 17.9 Å². The van der Waals surface area contributed by atoms with E-state index in [-0.39, 0.29) is 17.5 Å². The molecule has 0 radical (unpaired) electrons. The van der Waals surface area contributed by atoms with Crippen molar-refractivity contribution in [2.75, 3.05) is 53.4 Å². The van der Waals surface area contributed by atoms with Crippen molar-refractivity contribution in [2.45, 2.75) is 39.3 Å². The van der Waals surface area contributed by atoms with Gasteiger partial charge in [0, 0.05) is 42.4 Å². The number of methoxy groups -OCH3 is 3. The summed E-state index contributed by atoms with van der Waals surface area (Å²) in [6, 6.07) is 28.2. The maximum absolute atomic E-state index is 13.7. The van der Waals surface area contributed by atoms with E-state index in [1.807, 2.05) is 54.4 Å². The minimum absolute atomic E-state index is 0.00453. The lowest BCUT2D eigenvalue weighted by molar-refractivity contribution is -0.122. The first-order chi connectivity index (χ1) is 28.7. The van der Waals surface area contributed by atoms with E-state index in [2.05, 4.69) is 51.8 Å². The molecule has 0 unspecified atom stereocenters. The number of halogens is 2. The van der Waals surface area contributed by atoms with E-state index >= 15 is 0 Å². The Hall–Kier alpha value is -6.11. The van der Waals surface area contributed by atoms with Crippen LogP contribution in [0.2, 0.25) is 5.02 Å². The third-order valence-electron chi connectivity index (χ3n) is 9.85. The van der Waals surface area contributed by atoms with Gasteiger partial charge in [-0.05, 0) is 79.8 Å². The summed E-state index contributed by atoms with van der Waals surface area (Å²) in [5, 5.41) is 6.91. The van der Waals surface area contributed by atoms with E-state index in [0.29, 0.717) is 77.5 Å². The van der Waals surface area contributed by atoms with Gasteiger partial charge in [-0.15, -0.1) is 0 Å². The summed E-state index contributed by atoms with van der Waals surface area (Å²) >= 11 is 5.97. The van der Waals surface area contributed by atoms with Gasteiger partial charge in [-0.3, -0.25) is 9.69 Å². The van der Waals surface area contributed by atoms with E-state index in [1.54, 1.807) is 33.5 Å². The smallest absolute Gasteiger partial charge is 0.234 e. The highest BCUT2D eigenvalue weighted by molar-refractivity contribution is 6.31. The van der Waals surface area contributed by atoms with Crippen LogP contribution in [0.3, 0.4) is 0 Å². The monoisotopic (exact) mass is 821 g/mol. The zero-order valence-electron chi connectivity index (χ0n) is 33.9. The number of aromatic nitrogens is 2. The van der Waals surface area contributed by atoms with E-state index in [4.69, 9.17) is 35.3 Å². The number of hydrogen-bond donors (Lipinski definition) is 2. The molecule has 2 N–H and O–H groups in total. The van der Waals surface area contributed by atoms with Crippen LogP contribution in [0.5, 0.6) is 28.7 Å². The van der Waals surface area contributed by atoms with Crippen molar-refractivity contribution in [3.8, 4) is 39.9 Å². The highest BCUT2D eigenvalue weighted by Crippen LogP contribution is 2.37. The summed E-state index contributed by atoms with van der Waals surface area (Å²) in [7, 11) is 6.68. The minimum Gasteiger partial charge on any atom is -0.496 e. The van der Waals surface area contributed by atoms with Gasteiger partial charge in [0.15, 0.2) is 11.5 Å². The van der Waals surface area contributed by atoms with Crippen molar-refractivity contribution in [3.05, 3.63) is 125 Å². The summed E-state index contributed by atoms with van der Waals surface area (Å²) in [6.45, 7) is 4.10. The number of unbranched alkanes of at least 4 members (excludes halogenated alkanes) is 2. The Morgan fingerprint density at radius 2 is 1.58 bits per heavy atom. The standard InChI is InChI=1S/C46H49ClFN5O6/c1-30-32(15-12-16-35(30)31-13-8-6-9-14-31)28-59-34-22-41(55-3)37(42(23-34)56-4)26-53(2)27-45(54)49-19-10-7-11-20-58-44-24-36-40(25-43(44)57-5)50-29-51-46(36)52-33-17-18-39(48)38(47)21-33/h6,8-9,12-18,21-25,29H,7,10-11,19-20,26-28H2,1-5H3,(H,49,54)(H,50,51,52). The van der Waals surface area contributed by atoms with Crippen LogP contribution in [0.15, 0.2) is 97.3 Å². The van der Waals surface area contributed by atoms with Crippen LogP contribution >= 0.6 is 11.6 Å². The number of hydrogen-bond acceptors (Lipinski definition) is 10. The fourth-order valence-electron chi connectivity index (χ4n) is 6.72. The summed E-state index contributed by atoms with van der Waals surface area (Å²) in [4.78, 5) is 23.5. The molecular weight excluding hydrogens is 773 g/mol. The molecule has 0 saturated carbocycles.